The molecule has 5 rings (SSSR count). The molecule has 182 valence electrons. The minimum Gasteiger partial charge on any atom is -0.507 e. The van der Waals surface area contributed by atoms with Crippen LogP contribution >= 0.6 is 15.9 Å². The average molecular weight is 564 g/mol. The molecule has 3 N–H and O–H groups in total. The van der Waals surface area contributed by atoms with Crippen LogP contribution in [0.1, 0.15) is 11.1 Å². The molecule has 0 amide bonds. The van der Waals surface area contributed by atoms with Gasteiger partial charge < -0.3 is 10.4 Å². The largest absolute Gasteiger partial charge is 0.507 e. The van der Waals surface area contributed by atoms with Crippen molar-refractivity contribution in [2.45, 2.75) is 18.0 Å². The Labute approximate surface area is 216 Å². The molecular formula is C26H22BrN5O3S. The van der Waals surface area contributed by atoms with Crippen molar-refractivity contribution in [2.24, 2.45) is 0 Å². The summed E-state index contributed by atoms with van der Waals surface area (Å²) in [5, 5.41) is 18.1. The lowest BCUT2D eigenvalue weighted by Gasteiger charge is -2.12. The molecule has 3 aromatic carbocycles. The van der Waals surface area contributed by atoms with Crippen molar-refractivity contribution in [2.75, 3.05) is 5.32 Å². The Hall–Kier alpha value is -3.73. The summed E-state index contributed by atoms with van der Waals surface area (Å²) in [5.74, 6) is 0.834. The lowest BCUT2D eigenvalue weighted by molar-refractivity contribution is 0.477. The number of fused-ring (bicyclic) bond motifs is 1. The van der Waals surface area contributed by atoms with E-state index in [4.69, 9.17) is 0 Å². The van der Waals surface area contributed by atoms with E-state index in [1.54, 1.807) is 53.2 Å². The third kappa shape index (κ3) is 5.11. The molecule has 0 saturated carbocycles. The van der Waals surface area contributed by atoms with Gasteiger partial charge in [-0.3, -0.25) is 0 Å². The van der Waals surface area contributed by atoms with Crippen LogP contribution in [-0.4, -0.2) is 28.1 Å². The number of hydrogen-bond donors (Lipinski definition) is 3. The molecule has 0 atom stereocenters. The highest BCUT2D eigenvalue weighted by atomic mass is 79.9. The van der Waals surface area contributed by atoms with Crippen molar-refractivity contribution < 1.29 is 13.5 Å². The van der Waals surface area contributed by atoms with E-state index in [-0.39, 0.29) is 17.2 Å². The smallest absolute Gasteiger partial charge is 0.240 e. The molecule has 36 heavy (non-hydrogen) atoms. The number of phenols is 1. The Morgan fingerprint density at radius 3 is 2.39 bits per heavy atom. The second kappa shape index (κ2) is 10.1. The highest BCUT2D eigenvalue weighted by Crippen LogP contribution is 2.31. The van der Waals surface area contributed by atoms with Crippen LogP contribution in [0.5, 0.6) is 5.75 Å². The van der Waals surface area contributed by atoms with E-state index in [1.807, 2.05) is 42.5 Å². The zero-order chi connectivity index (χ0) is 25.1. The first-order valence-corrected chi connectivity index (χ1v) is 13.4. The van der Waals surface area contributed by atoms with Crippen molar-refractivity contribution in [1.82, 2.24) is 19.3 Å². The number of anilines is 1. The first-order chi connectivity index (χ1) is 17.4. The van der Waals surface area contributed by atoms with Crippen LogP contribution in [0.4, 0.5) is 5.82 Å². The molecule has 0 radical (unpaired) electrons. The zero-order valence-corrected chi connectivity index (χ0v) is 21.4. The van der Waals surface area contributed by atoms with Gasteiger partial charge in [-0.2, -0.15) is 9.61 Å². The molecule has 8 nitrogen and oxygen atoms in total. The van der Waals surface area contributed by atoms with Crippen LogP contribution in [0.2, 0.25) is 0 Å². The van der Waals surface area contributed by atoms with Crippen molar-refractivity contribution in [3.8, 4) is 17.0 Å². The highest BCUT2D eigenvalue weighted by Gasteiger charge is 2.15. The van der Waals surface area contributed by atoms with Crippen LogP contribution in [0.3, 0.4) is 0 Å². The number of aromatic nitrogens is 3. The standard InChI is InChI=1S/C26H22BrN5O3S/c27-22-17-29-32-25(14-23(31-26(22)32)21-11-4-5-12-24(21)33)28-15-18-7-6-8-19(13-18)16-30-36(34,35)20-9-2-1-3-10-20/h1-14,17,28,30,33H,15-16H2. The molecule has 0 aliphatic heterocycles. The van der Waals surface area contributed by atoms with Gasteiger partial charge in [0.1, 0.15) is 11.6 Å². The monoisotopic (exact) mass is 563 g/mol. The Bertz CT molecular complexity index is 1640. The Morgan fingerprint density at radius 1 is 0.889 bits per heavy atom. The quantitative estimate of drug-likeness (QED) is 0.246. The molecule has 2 aromatic heterocycles. The number of phenolic OH excluding ortho intramolecular Hbond substituents is 1. The third-order valence-corrected chi connectivity index (χ3v) is 7.57. The van der Waals surface area contributed by atoms with Crippen LogP contribution < -0.4 is 10.0 Å². The topological polar surface area (TPSA) is 109 Å². The van der Waals surface area contributed by atoms with E-state index in [2.05, 4.69) is 36.1 Å². The molecule has 0 bridgehead atoms. The molecule has 0 aliphatic rings. The zero-order valence-electron chi connectivity index (χ0n) is 19.0. The van der Waals surface area contributed by atoms with Crippen molar-refractivity contribution in [3.05, 3.63) is 107 Å². The predicted octanol–water partition coefficient (Wildman–Crippen LogP) is 4.96. The van der Waals surface area contributed by atoms with Crippen LogP contribution in [0.15, 0.2) is 100 Å². The summed E-state index contributed by atoms with van der Waals surface area (Å²) in [6.07, 6.45) is 1.67. The summed E-state index contributed by atoms with van der Waals surface area (Å²) in [4.78, 5) is 4.89. The summed E-state index contributed by atoms with van der Waals surface area (Å²) in [6.45, 7) is 0.643. The molecule has 0 aliphatic carbocycles. The number of sulfonamides is 1. The second-order valence-corrected chi connectivity index (χ2v) is 10.7. The number of halogens is 1. The molecule has 10 heteroatoms. The number of para-hydroxylation sites is 1. The minimum absolute atomic E-state index is 0.140. The van der Waals surface area contributed by atoms with Crippen molar-refractivity contribution in [1.29, 1.82) is 0 Å². The highest BCUT2D eigenvalue weighted by molar-refractivity contribution is 9.10. The van der Waals surface area contributed by atoms with Gasteiger partial charge in [-0.25, -0.2) is 18.1 Å². The average Bonchev–Trinajstić information content (AvgIpc) is 3.28. The van der Waals surface area contributed by atoms with Gasteiger partial charge in [-0.15, -0.1) is 0 Å². The fraction of sp³-hybridized carbons (Fsp3) is 0.0769. The Kier molecular flexibility index (Phi) is 6.73. The second-order valence-electron chi connectivity index (χ2n) is 8.08. The normalized spacial score (nSPS) is 11.6. The van der Waals surface area contributed by atoms with E-state index in [0.29, 0.717) is 29.3 Å². The van der Waals surface area contributed by atoms with Gasteiger partial charge in [-0.05, 0) is 51.3 Å². The van der Waals surface area contributed by atoms with E-state index in [1.165, 1.54) is 0 Å². The number of nitrogens with one attached hydrogen (secondary N) is 2. The van der Waals surface area contributed by atoms with E-state index in [9.17, 15) is 13.5 Å². The van der Waals surface area contributed by atoms with Gasteiger partial charge in [0.15, 0.2) is 5.65 Å². The van der Waals surface area contributed by atoms with E-state index < -0.39 is 10.0 Å². The molecule has 2 heterocycles. The number of hydrogen-bond acceptors (Lipinski definition) is 6. The van der Waals surface area contributed by atoms with Gasteiger partial charge in [-0.1, -0.05) is 54.6 Å². The van der Waals surface area contributed by atoms with E-state index >= 15 is 0 Å². The summed E-state index contributed by atoms with van der Waals surface area (Å²) < 4.78 is 30.1. The molecule has 0 fully saturated rings. The fourth-order valence-corrected chi connectivity index (χ4v) is 5.18. The van der Waals surface area contributed by atoms with Crippen LogP contribution in [0.25, 0.3) is 16.9 Å². The first-order valence-electron chi connectivity index (χ1n) is 11.1. The van der Waals surface area contributed by atoms with Crippen molar-refractivity contribution >= 4 is 37.4 Å². The Morgan fingerprint density at radius 2 is 1.61 bits per heavy atom. The van der Waals surface area contributed by atoms with Gasteiger partial charge in [0.2, 0.25) is 10.0 Å². The summed E-state index contributed by atoms with van der Waals surface area (Å²) in [7, 11) is -3.59. The predicted molar refractivity (Wildman–Crippen MR) is 142 cm³/mol. The maximum Gasteiger partial charge on any atom is 0.240 e. The number of aromatic hydroxyl groups is 1. The SMILES string of the molecule is O=S(=O)(NCc1cccc(CNc2cc(-c3ccccc3O)nc3c(Br)cnn23)c1)c1ccccc1. The van der Waals surface area contributed by atoms with Gasteiger partial charge >= 0.3 is 0 Å². The fourth-order valence-electron chi connectivity index (χ4n) is 3.79. The van der Waals surface area contributed by atoms with Gasteiger partial charge in [0.05, 0.1) is 21.3 Å². The lowest BCUT2D eigenvalue weighted by Crippen LogP contribution is -2.23. The van der Waals surface area contributed by atoms with Gasteiger partial charge in [0.25, 0.3) is 0 Å². The van der Waals surface area contributed by atoms with Gasteiger partial charge in [0, 0.05) is 24.7 Å². The summed E-state index contributed by atoms with van der Waals surface area (Å²) in [5.41, 5.74) is 3.64. The third-order valence-electron chi connectivity index (χ3n) is 5.59. The minimum atomic E-state index is -3.59. The molecule has 0 saturated heterocycles. The number of nitrogens with zero attached hydrogens (tertiary/aromatic N) is 3. The molecule has 0 spiro atoms. The molecule has 5 aromatic rings. The van der Waals surface area contributed by atoms with Crippen LogP contribution in [0, 0.1) is 0 Å². The van der Waals surface area contributed by atoms with Crippen molar-refractivity contribution in [3.63, 3.8) is 0 Å². The number of benzene rings is 3. The first kappa shape index (κ1) is 24.0. The lowest BCUT2D eigenvalue weighted by atomic mass is 10.1. The Balaban J connectivity index is 1.36. The van der Waals surface area contributed by atoms with Crippen LogP contribution in [-0.2, 0) is 23.1 Å². The maximum atomic E-state index is 12.5. The summed E-state index contributed by atoms with van der Waals surface area (Å²) >= 11 is 3.49. The van der Waals surface area contributed by atoms with E-state index in [0.717, 1.165) is 15.6 Å². The molecule has 0 unspecified atom stereocenters. The maximum absolute atomic E-state index is 12.5. The molecular weight excluding hydrogens is 542 g/mol. The summed E-state index contributed by atoms with van der Waals surface area (Å²) in [6, 6.07) is 24.8. The number of rotatable bonds is 8.